The molecule has 0 radical (unpaired) electrons. The molecule has 0 atom stereocenters. The summed E-state index contributed by atoms with van der Waals surface area (Å²) in [4.78, 5) is 12.1. The third kappa shape index (κ3) is 5.47. The lowest BCUT2D eigenvalue weighted by molar-refractivity contribution is -0.114. The Balaban J connectivity index is 2.13. The van der Waals surface area contributed by atoms with Gasteiger partial charge in [0.1, 0.15) is 6.54 Å². The van der Waals surface area contributed by atoms with Crippen LogP contribution in [0.2, 0.25) is 0 Å². The molecule has 1 aromatic carbocycles. The molecule has 0 saturated heterocycles. The van der Waals surface area contributed by atoms with Gasteiger partial charge in [0, 0.05) is 11.8 Å². The lowest BCUT2D eigenvalue weighted by atomic mass is 10.3. The van der Waals surface area contributed by atoms with E-state index in [2.05, 4.69) is 22.1 Å². The monoisotopic (exact) mass is 420 g/mol. The predicted molar refractivity (Wildman–Crippen MR) is 98.0 cm³/mol. The normalized spacial score (nSPS) is 11.2. The van der Waals surface area contributed by atoms with Gasteiger partial charge in [0.2, 0.25) is 21.1 Å². The maximum absolute atomic E-state index is 13.4. The van der Waals surface area contributed by atoms with Crippen molar-refractivity contribution in [3.8, 4) is 0 Å². The summed E-state index contributed by atoms with van der Waals surface area (Å²) in [6.07, 6.45) is 2.55. The number of amides is 1. The van der Waals surface area contributed by atoms with Gasteiger partial charge < -0.3 is 0 Å². The van der Waals surface area contributed by atoms with E-state index in [0.29, 0.717) is 20.5 Å². The van der Waals surface area contributed by atoms with Gasteiger partial charge >= 0.3 is 0 Å². The van der Waals surface area contributed by atoms with Crippen LogP contribution in [0.15, 0.2) is 35.2 Å². The standard InChI is InChI=1S/C14H14F2N4O3S3/c1-3-6-24-14-19-18-13(25-14)17-12(21)8-20(26(2,22)23)9-4-5-10(15)11(16)7-9/h3-5,7H,1,6,8H2,2H3,(H,17,18,21). The number of hydrogen-bond acceptors (Lipinski definition) is 7. The predicted octanol–water partition coefficient (Wildman–Crippen LogP) is 2.50. The Morgan fingerprint density at radius 2 is 2.12 bits per heavy atom. The number of nitrogens with one attached hydrogen (secondary N) is 1. The zero-order chi connectivity index (χ0) is 19.3. The molecule has 1 aromatic heterocycles. The average Bonchev–Trinajstić information content (AvgIpc) is 2.99. The quantitative estimate of drug-likeness (QED) is 0.401. The second-order valence-electron chi connectivity index (χ2n) is 4.89. The van der Waals surface area contributed by atoms with Crippen molar-refractivity contribution in [2.24, 2.45) is 0 Å². The topological polar surface area (TPSA) is 92.3 Å². The van der Waals surface area contributed by atoms with Crippen molar-refractivity contribution in [1.82, 2.24) is 10.2 Å². The number of aromatic nitrogens is 2. The molecule has 0 aliphatic carbocycles. The minimum absolute atomic E-state index is 0.166. The van der Waals surface area contributed by atoms with E-state index in [-0.39, 0.29) is 10.8 Å². The number of rotatable bonds is 8. The maximum Gasteiger partial charge on any atom is 0.246 e. The van der Waals surface area contributed by atoms with E-state index in [1.165, 1.54) is 11.8 Å². The lowest BCUT2D eigenvalue weighted by Gasteiger charge is -2.21. The first kappa shape index (κ1) is 20.3. The number of thioether (sulfide) groups is 1. The molecule has 26 heavy (non-hydrogen) atoms. The molecule has 0 aliphatic rings. The molecule has 140 valence electrons. The van der Waals surface area contributed by atoms with Crippen LogP contribution in [-0.4, -0.2) is 43.1 Å². The number of halogens is 2. The molecule has 7 nitrogen and oxygen atoms in total. The highest BCUT2D eigenvalue weighted by atomic mass is 32.2. The van der Waals surface area contributed by atoms with Crippen LogP contribution in [0.3, 0.4) is 0 Å². The second kappa shape index (κ2) is 8.56. The first-order valence-electron chi connectivity index (χ1n) is 7.00. The van der Waals surface area contributed by atoms with Crippen LogP contribution < -0.4 is 9.62 Å². The summed E-state index contributed by atoms with van der Waals surface area (Å²) in [6, 6.07) is 2.56. The molecule has 1 amide bonds. The number of carbonyl (C=O) groups is 1. The Labute approximate surface area is 157 Å². The highest BCUT2D eigenvalue weighted by Gasteiger charge is 2.22. The molecule has 0 saturated carbocycles. The fourth-order valence-electron chi connectivity index (χ4n) is 1.78. The summed E-state index contributed by atoms with van der Waals surface area (Å²) in [5.74, 6) is -2.41. The molecule has 2 rings (SSSR count). The summed E-state index contributed by atoms with van der Waals surface area (Å²) in [6.45, 7) is 2.95. The highest BCUT2D eigenvalue weighted by molar-refractivity contribution is 8.01. The van der Waals surface area contributed by atoms with E-state index in [9.17, 15) is 22.0 Å². The van der Waals surface area contributed by atoms with Gasteiger partial charge in [-0.3, -0.25) is 14.4 Å². The highest BCUT2D eigenvalue weighted by Crippen LogP contribution is 2.25. The minimum Gasteiger partial charge on any atom is -0.299 e. The van der Waals surface area contributed by atoms with Crippen molar-refractivity contribution in [3.05, 3.63) is 42.5 Å². The Hall–Kier alpha value is -2.05. The first-order valence-corrected chi connectivity index (χ1v) is 10.7. The van der Waals surface area contributed by atoms with Crippen molar-refractivity contribution in [1.29, 1.82) is 0 Å². The van der Waals surface area contributed by atoms with E-state index in [0.717, 1.165) is 29.7 Å². The SMILES string of the molecule is C=CCSc1nnc(NC(=O)CN(c2ccc(F)c(F)c2)S(C)(=O)=O)s1. The van der Waals surface area contributed by atoms with Gasteiger partial charge in [-0.1, -0.05) is 29.2 Å². The summed E-state index contributed by atoms with van der Waals surface area (Å²) >= 11 is 2.50. The van der Waals surface area contributed by atoms with E-state index in [4.69, 9.17) is 0 Å². The van der Waals surface area contributed by atoms with Crippen molar-refractivity contribution in [2.45, 2.75) is 4.34 Å². The van der Waals surface area contributed by atoms with Gasteiger partial charge in [-0.25, -0.2) is 17.2 Å². The van der Waals surface area contributed by atoms with Gasteiger partial charge in [-0.15, -0.1) is 16.8 Å². The summed E-state index contributed by atoms with van der Waals surface area (Å²) < 4.78 is 51.6. The van der Waals surface area contributed by atoms with Crippen LogP contribution in [-0.2, 0) is 14.8 Å². The molecule has 0 bridgehead atoms. The zero-order valence-electron chi connectivity index (χ0n) is 13.5. The third-order valence-electron chi connectivity index (χ3n) is 2.86. The maximum atomic E-state index is 13.4. The van der Waals surface area contributed by atoms with Crippen LogP contribution in [0.25, 0.3) is 0 Å². The van der Waals surface area contributed by atoms with Gasteiger partial charge in [-0.05, 0) is 12.1 Å². The van der Waals surface area contributed by atoms with Crippen molar-refractivity contribution >= 4 is 49.8 Å². The lowest BCUT2D eigenvalue weighted by Crippen LogP contribution is -2.37. The van der Waals surface area contributed by atoms with E-state index in [1.807, 2.05) is 0 Å². The average molecular weight is 420 g/mol. The molecule has 1 N–H and O–H groups in total. The van der Waals surface area contributed by atoms with Crippen LogP contribution in [0.5, 0.6) is 0 Å². The third-order valence-corrected chi connectivity index (χ3v) is 5.96. The van der Waals surface area contributed by atoms with Crippen LogP contribution >= 0.6 is 23.1 Å². The number of benzene rings is 1. The van der Waals surface area contributed by atoms with E-state index >= 15 is 0 Å². The van der Waals surface area contributed by atoms with Crippen molar-refractivity contribution in [2.75, 3.05) is 28.2 Å². The fraction of sp³-hybridized carbons (Fsp3) is 0.214. The molecular weight excluding hydrogens is 406 g/mol. The molecule has 0 spiro atoms. The number of nitrogens with zero attached hydrogens (tertiary/aromatic N) is 3. The summed E-state index contributed by atoms with van der Waals surface area (Å²) in [7, 11) is -3.91. The summed E-state index contributed by atoms with van der Waals surface area (Å²) in [5.41, 5.74) is -0.166. The van der Waals surface area contributed by atoms with Crippen LogP contribution in [0.4, 0.5) is 19.6 Å². The van der Waals surface area contributed by atoms with Gasteiger partial charge in [0.25, 0.3) is 0 Å². The largest absolute Gasteiger partial charge is 0.299 e. The Bertz CT molecular complexity index is 918. The number of anilines is 2. The number of hydrogen-bond donors (Lipinski definition) is 1. The van der Waals surface area contributed by atoms with Gasteiger partial charge in [0.05, 0.1) is 11.9 Å². The molecule has 0 fully saturated rings. The Kier molecular flexibility index (Phi) is 6.67. The fourth-order valence-corrected chi connectivity index (χ4v) is 4.16. The minimum atomic E-state index is -3.91. The molecule has 12 heteroatoms. The second-order valence-corrected chi connectivity index (χ2v) is 9.04. The van der Waals surface area contributed by atoms with Crippen molar-refractivity contribution in [3.63, 3.8) is 0 Å². The smallest absolute Gasteiger partial charge is 0.246 e. The van der Waals surface area contributed by atoms with E-state index in [1.54, 1.807) is 6.08 Å². The van der Waals surface area contributed by atoms with Gasteiger partial charge in [0.15, 0.2) is 16.0 Å². The van der Waals surface area contributed by atoms with E-state index < -0.39 is 34.1 Å². The number of sulfonamides is 1. The summed E-state index contributed by atoms with van der Waals surface area (Å²) in [5, 5.41) is 10.3. The molecule has 0 aliphatic heterocycles. The molecule has 2 aromatic rings. The number of carbonyl (C=O) groups excluding carboxylic acids is 1. The molecular formula is C14H14F2N4O3S3. The van der Waals surface area contributed by atoms with Crippen molar-refractivity contribution < 1.29 is 22.0 Å². The molecule has 1 heterocycles. The Morgan fingerprint density at radius 3 is 2.73 bits per heavy atom. The molecule has 0 unspecified atom stereocenters. The van der Waals surface area contributed by atoms with Crippen LogP contribution in [0.1, 0.15) is 0 Å². The van der Waals surface area contributed by atoms with Crippen LogP contribution in [0, 0.1) is 11.6 Å². The van der Waals surface area contributed by atoms with Gasteiger partial charge in [-0.2, -0.15) is 0 Å². The zero-order valence-corrected chi connectivity index (χ0v) is 15.9. The Morgan fingerprint density at radius 1 is 1.38 bits per heavy atom. The first-order chi connectivity index (χ1) is 12.2.